The summed E-state index contributed by atoms with van der Waals surface area (Å²) >= 11 is 0. The van der Waals surface area contributed by atoms with Gasteiger partial charge in [-0.15, -0.1) is 0 Å². The molecule has 1 amide bonds. The molecule has 0 aromatic heterocycles. The third-order valence-corrected chi connectivity index (χ3v) is 2.67. The average Bonchev–Trinajstić information content (AvgIpc) is 2.43. The summed E-state index contributed by atoms with van der Waals surface area (Å²) in [4.78, 5) is 22.5. The van der Waals surface area contributed by atoms with E-state index in [9.17, 15) is 14.7 Å². The minimum Gasteiger partial charge on any atom is -0.507 e. The number of carbonyl (C=O) groups excluding carboxylic acids is 1. The maximum absolute atomic E-state index is 11.9. The number of rotatable bonds is 7. The van der Waals surface area contributed by atoms with Gasteiger partial charge in [0.2, 0.25) is 0 Å². The molecule has 0 radical (unpaired) electrons. The second-order valence-corrected chi connectivity index (χ2v) is 4.05. The van der Waals surface area contributed by atoms with Crippen LogP contribution in [0.25, 0.3) is 0 Å². The monoisotopic (exact) mass is 283 g/mol. The van der Waals surface area contributed by atoms with Gasteiger partial charge in [-0.05, 0) is 18.2 Å². The molecular weight excluding hydrogens is 266 g/mol. The Hall–Kier alpha value is -2.28. The van der Waals surface area contributed by atoms with E-state index in [1.807, 2.05) is 0 Å². The van der Waals surface area contributed by atoms with E-state index < -0.39 is 18.0 Å². The van der Waals surface area contributed by atoms with Crippen LogP contribution < -0.4 is 10.1 Å². The van der Waals surface area contributed by atoms with Crippen LogP contribution in [0.2, 0.25) is 0 Å². The van der Waals surface area contributed by atoms with Gasteiger partial charge in [0.05, 0.1) is 25.2 Å². The highest BCUT2D eigenvalue weighted by molar-refractivity contribution is 5.97. The number of nitrogens with one attached hydrogen (secondary N) is 1. The van der Waals surface area contributed by atoms with Gasteiger partial charge in [-0.1, -0.05) is 0 Å². The summed E-state index contributed by atoms with van der Waals surface area (Å²) in [5.41, 5.74) is 0.0505. The number of hydrogen-bond acceptors (Lipinski definition) is 5. The van der Waals surface area contributed by atoms with Gasteiger partial charge in [0, 0.05) is 13.7 Å². The largest absolute Gasteiger partial charge is 0.507 e. The third-order valence-electron chi connectivity index (χ3n) is 2.67. The van der Waals surface area contributed by atoms with Gasteiger partial charge in [-0.3, -0.25) is 9.59 Å². The lowest BCUT2D eigenvalue weighted by Gasteiger charge is -2.14. The number of phenols is 1. The first-order valence-corrected chi connectivity index (χ1v) is 5.87. The van der Waals surface area contributed by atoms with Gasteiger partial charge >= 0.3 is 5.97 Å². The minimum absolute atomic E-state index is 0.0261. The van der Waals surface area contributed by atoms with Gasteiger partial charge in [0.1, 0.15) is 11.5 Å². The number of aromatic hydroxyl groups is 1. The number of ether oxygens (including phenoxy) is 2. The van der Waals surface area contributed by atoms with Gasteiger partial charge in [-0.25, -0.2) is 0 Å². The molecule has 1 rings (SSSR count). The molecule has 0 heterocycles. The summed E-state index contributed by atoms with van der Waals surface area (Å²) in [6, 6.07) is 4.26. The Balaban J connectivity index is 2.68. The molecule has 0 spiro atoms. The van der Waals surface area contributed by atoms with E-state index >= 15 is 0 Å². The van der Waals surface area contributed by atoms with E-state index in [2.05, 4.69) is 5.32 Å². The molecule has 0 aliphatic carbocycles. The molecule has 0 saturated heterocycles. The molecule has 1 aromatic rings. The Bertz CT molecular complexity index is 488. The Morgan fingerprint density at radius 1 is 1.35 bits per heavy atom. The Morgan fingerprint density at radius 2 is 2.05 bits per heavy atom. The van der Waals surface area contributed by atoms with Crippen LogP contribution in [0.3, 0.4) is 0 Å². The van der Waals surface area contributed by atoms with Crippen molar-refractivity contribution in [3.05, 3.63) is 23.8 Å². The summed E-state index contributed by atoms with van der Waals surface area (Å²) in [7, 11) is 2.81. The second-order valence-electron chi connectivity index (χ2n) is 4.05. The summed E-state index contributed by atoms with van der Waals surface area (Å²) in [5.74, 6) is -1.30. The molecular formula is C13H17NO6. The first kappa shape index (κ1) is 15.8. The number of carboxylic acid groups (broad SMARTS) is 1. The lowest BCUT2D eigenvalue weighted by atomic mass is 10.1. The highest BCUT2D eigenvalue weighted by Gasteiger charge is 2.16. The smallest absolute Gasteiger partial charge is 0.306 e. The van der Waals surface area contributed by atoms with E-state index in [1.54, 1.807) is 0 Å². The molecule has 110 valence electrons. The summed E-state index contributed by atoms with van der Waals surface area (Å²) in [6.07, 6.45) is -0.856. The van der Waals surface area contributed by atoms with Crippen LogP contribution in [0.1, 0.15) is 16.8 Å². The number of carbonyl (C=O) groups is 2. The fraction of sp³-hybridized carbons (Fsp3) is 0.385. The van der Waals surface area contributed by atoms with Crippen molar-refractivity contribution in [1.29, 1.82) is 0 Å². The van der Waals surface area contributed by atoms with Crippen LogP contribution in [0, 0.1) is 0 Å². The maximum atomic E-state index is 11.9. The normalized spacial score (nSPS) is 11.7. The zero-order chi connectivity index (χ0) is 15.1. The second kappa shape index (κ2) is 7.34. The summed E-state index contributed by atoms with van der Waals surface area (Å²) in [6.45, 7) is 0.0261. The van der Waals surface area contributed by atoms with E-state index in [0.717, 1.165) is 0 Å². The summed E-state index contributed by atoms with van der Waals surface area (Å²) in [5, 5.41) is 20.8. The van der Waals surface area contributed by atoms with Gasteiger partial charge < -0.3 is 25.0 Å². The van der Waals surface area contributed by atoms with Crippen LogP contribution in [0.15, 0.2) is 18.2 Å². The molecule has 0 aliphatic heterocycles. The molecule has 0 saturated carbocycles. The van der Waals surface area contributed by atoms with Crippen molar-refractivity contribution in [2.45, 2.75) is 12.5 Å². The Morgan fingerprint density at radius 3 is 2.60 bits per heavy atom. The fourth-order valence-electron chi connectivity index (χ4n) is 1.56. The van der Waals surface area contributed by atoms with Gasteiger partial charge in [0.25, 0.3) is 5.91 Å². The number of hydrogen-bond donors (Lipinski definition) is 3. The van der Waals surface area contributed by atoms with Crippen molar-refractivity contribution in [1.82, 2.24) is 5.32 Å². The molecule has 1 unspecified atom stereocenters. The van der Waals surface area contributed by atoms with E-state index in [0.29, 0.717) is 5.75 Å². The first-order chi connectivity index (χ1) is 9.47. The molecule has 20 heavy (non-hydrogen) atoms. The Labute approximate surface area is 116 Å². The van der Waals surface area contributed by atoms with E-state index in [-0.39, 0.29) is 24.3 Å². The van der Waals surface area contributed by atoms with Crippen molar-refractivity contribution in [2.75, 3.05) is 20.8 Å². The zero-order valence-electron chi connectivity index (χ0n) is 11.3. The van der Waals surface area contributed by atoms with Crippen molar-refractivity contribution < 1.29 is 29.3 Å². The van der Waals surface area contributed by atoms with Crippen LogP contribution >= 0.6 is 0 Å². The first-order valence-electron chi connectivity index (χ1n) is 5.87. The molecule has 0 aliphatic rings. The predicted octanol–water partition coefficient (Wildman–Crippen LogP) is 0.620. The number of phenolic OH excluding ortho intramolecular Hbond substituents is 1. The number of carboxylic acids is 1. The Kier molecular flexibility index (Phi) is 5.79. The molecule has 1 atom stereocenters. The van der Waals surface area contributed by atoms with Crippen LogP contribution in [-0.4, -0.2) is 49.0 Å². The van der Waals surface area contributed by atoms with Crippen molar-refractivity contribution >= 4 is 11.9 Å². The topological polar surface area (TPSA) is 105 Å². The number of benzene rings is 1. The van der Waals surface area contributed by atoms with Crippen LogP contribution in [0.4, 0.5) is 0 Å². The zero-order valence-corrected chi connectivity index (χ0v) is 11.3. The molecule has 0 fully saturated rings. The number of amides is 1. The van der Waals surface area contributed by atoms with Crippen molar-refractivity contribution in [3.8, 4) is 11.5 Å². The van der Waals surface area contributed by atoms with E-state index in [4.69, 9.17) is 14.6 Å². The lowest BCUT2D eigenvalue weighted by Crippen LogP contribution is -2.34. The summed E-state index contributed by atoms with van der Waals surface area (Å²) < 4.78 is 9.91. The van der Waals surface area contributed by atoms with Crippen LogP contribution in [0.5, 0.6) is 11.5 Å². The minimum atomic E-state index is -1.02. The predicted molar refractivity (Wildman–Crippen MR) is 70.0 cm³/mol. The average molecular weight is 283 g/mol. The highest BCUT2D eigenvalue weighted by Crippen LogP contribution is 2.22. The maximum Gasteiger partial charge on any atom is 0.306 e. The fourth-order valence-corrected chi connectivity index (χ4v) is 1.56. The van der Waals surface area contributed by atoms with Crippen molar-refractivity contribution in [2.24, 2.45) is 0 Å². The molecule has 7 nitrogen and oxygen atoms in total. The molecule has 3 N–H and O–H groups in total. The lowest BCUT2D eigenvalue weighted by molar-refractivity contribution is -0.139. The number of aliphatic carboxylic acids is 1. The standard InChI is InChI=1S/C13H17NO6/c1-19-8-3-4-11(15)10(5-8)13(18)14-7-9(20-2)6-12(16)17/h3-5,9,15H,6-7H2,1-2H3,(H,14,18)(H,16,17). The van der Waals surface area contributed by atoms with Gasteiger partial charge in [-0.2, -0.15) is 0 Å². The van der Waals surface area contributed by atoms with Crippen molar-refractivity contribution in [3.63, 3.8) is 0 Å². The number of methoxy groups -OCH3 is 2. The molecule has 1 aromatic carbocycles. The SMILES string of the molecule is COc1ccc(O)c(C(=O)NCC(CC(=O)O)OC)c1. The quantitative estimate of drug-likeness (QED) is 0.677. The molecule has 0 bridgehead atoms. The third kappa shape index (κ3) is 4.43. The van der Waals surface area contributed by atoms with Crippen LogP contribution in [-0.2, 0) is 9.53 Å². The van der Waals surface area contributed by atoms with E-state index in [1.165, 1.54) is 32.4 Å². The molecule has 7 heteroatoms. The highest BCUT2D eigenvalue weighted by atomic mass is 16.5. The van der Waals surface area contributed by atoms with Gasteiger partial charge in [0.15, 0.2) is 0 Å².